The molecule has 2 rings (SSSR count). The molecule has 1 unspecified atom stereocenters. The minimum Gasteiger partial charge on any atom is -0.460 e. The maximum absolute atomic E-state index is 14.1. The lowest BCUT2D eigenvalue weighted by Gasteiger charge is -2.20. The van der Waals surface area contributed by atoms with E-state index in [1.54, 1.807) is 25.3 Å². The topological polar surface area (TPSA) is 39.2 Å². The van der Waals surface area contributed by atoms with Crippen molar-refractivity contribution in [2.75, 3.05) is 0 Å². The van der Waals surface area contributed by atoms with Crippen LogP contribution in [0.1, 0.15) is 62.4 Å². The summed E-state index contributed by atoms with van der Waals surface area (Å²) >= 11 is 0. The summed E-state index contributed by atoms with van der Waals surface area (Å²) < 4.78 is 19.5. The largest absolute Gasteiger partial charge is 0.460 e. The molecule has 0 aliphatic rings. The van der Waals surface area contributed by atoms with Gasteiger partial charge in [-0.05, 0) is 50.5 Å². The fraction of sp³-hybridized carbons (Fsp3) is 0.429. The highest BCUT2D eigenvalue weighted by Crippen LogP contribution is 2.21. The fourth-order valence-electron chi connectivity index (χ4n) is 2.63. The molecule has 0 N–H and O–H groups in total. The molecule has 0 spiro atoms. The van der Waals surface area contributed by atoms with Gasteiger partial charge in [0.05, 0.1) is 6.42 Å². The van der Waals surface area contributed by atoms with Gasteiger partial charge in [0.25, 0.3) is 0 Å². The summed E-state index contributed by atoms with van der Waals surface area (Å²) in [6, 6.07) is 9.26. The first-order valence-electron chi connectivity index (χ1n) is 8.56. The molecule has 2 aromatic rings. The monoisotopic (exact) mass is 343 g/mol. The average Bonchev–Trinajstić information content (AvgIpc) is 2.50. The van der Waals surface area contributed by atoms with Crippen LogP contribution in [0.3, 0.4) is 0 Å². The third-order valence-electron chi connectivity index (χ3n) is 3.91. The minimum absolute atomic E-state index is 0.0281. The molecule has 0 fully saturated rings. The summed E-state index contributed by atoms with van der Waals surface area (Å²) in [5, 5.41) is 0. The molecule has 0 aliphatic heterocycles. The zero-order valence-corrected chi connectivity index (χ0v) is 15.6. The lowest BCUT2D eigenvalue weighted by molar-refractivity contribution is -0.155. The van der Waals surface area contributed by atoms with Crippen LogP contribution in [-0.2, 0) is 16.0 Å². The van der Waals surface area contributed by atoms with E-state index in [0.29, 0.717) is 17.5 Å². The number of halogens is 1. The summed E-state index contributed by atoms with van der Waals surface area (Å²) in [7, 11) is 0. The second kappa shape index (κ2) is 7.77. The summed E-state index contributed by atoms with van der Waals surface area (Å²) in [6.45, 7) is 9.28. The van der Waals surface area contributed by atoms with Gasteiger partial charge in [-0.15, -0.1) is 0 Å². The van der Waals surface area contributed by atoms with E-state index in [1.807, 2.05) is 45.9 Å². The van der Waals surface area contributed by atoms with Gasteiger partial charge >= 0.3 is 5.97 Å². The van der Waals surface area contributed by atoms with E-state index >= 15 is 0 Å². The van der Waals surface area contributed by atoms with Crippen molar-refractivity contribution in [3.63, 3.8) is 0 Å². The van der Waals surface area contributed by atoms with Crippen LogP contribution in [0.4, 0.5) is 4.39 Å². The maximum Gasteiger partial charge on any atom is 0.306 e. The molecule has 4 heteroatoms. The summed E-state index contributed by atoms with van der Waals surface area (Å²) in [5.74, 6) is -0.419. The Hall–Kier alpha value is -2.23. The number of aryl methyl sites for hydroxylation is 1. The van der Waals surface area contributed by atoms with Crippen molar-refractivity contribution in [3.8, 4) is 0 Å². The Kier molecular flexibility index (Phi) is 5.93. The van der Waals surface area contributed by atoms with Crippen LogP contribution < -0.4 is 0 Å². The van der Waals surface area contributed by atoms with Crippen LogP contribution in [-0.4, -0.2) is 16.6 Å². The molecule has 134 valence electrons. The number of hydrogen-bond acceptors (Lipinski definition) is 3. The van der Waals surface area contributed by atoms with Gasteiger partial charge in [-0.2, -0.15) is 0 Å². The second-order valence-corrected chi connectivity index (χ2v) is 7.51. The first-order chi connectivity index (χ1) is 11.7. The highest BCUT2D eigenvalue weighted by atomic mass is 19.1. The minimum atomic E-state index is -0.480. The van der Waals surface area contributed by atoms with Gasteiger partial charge in [-0.1, -0.05) is 31.2 Å². The maximum atomic E-state index is 14.1. The van der Waals surface area contributed by atoms with Gasteiger partial charge in [0.15, 0.2) is 0 Å². The van der Waals surface area contributed by atoms with Gasteiger partial charge in [0.1, 0.15) is 11.4 Å². The second-order valence-electron chi connectivity index (χ2n) is 7.51. The molecular formula is C21H26FNO2. The quantitative estimate of drug-likeness (QED) is 0.721. The van der Waals surface area contributed by atoms with Gasteiger partial charge in [0.2, 0.25) is 0 Å². The van der Waals surface area contributed by atoms with Crippen molar-refractivity contribution < 1.29 is 13.9 Å². The van der Waals surface area contributed by atoms with E-state index in [1.165, 1.54) is 0 Å². The van der Waals surface area contributed by atoms with Gasteiger partial charge in [-0.3, -0.25) is 9.78 Å². The summed E-state index contributed by atoms with van der Waals surface area (Å²) in [5.41, 5.74) is 2.60. The van der Waals surface area contributed by atoms with Crippen LogP contribution in [0.2, 0.25) is 0 Å². The number of carbonyl (C=O) groups excluding carboxylic acids is 1. The highest BCUT2D eigenvalue weighted by Gasteiger charge is 2.19. The molecule has 0 aliphatic carbocycles. The third kappa shape index (κ3) is 5.66. The molecule has 0 radical (unpaired) electrons. The summed E-state index contributed by atoms with van der Waals surface area (Å²) in [6.07, 6.45) is 2.54. The molecule has 3 nitrogen and oxygen atoms in total. The molecule has 1 aromatic heterocycles. The number of rotatable bonds is 5. The number of carbonyl (C=O) groups is 1. The van der Waals surface area contributed by atoms with E-state index in [-0.39, 0.29) is 24.1 Å². The number of aromatic nitrogens is 1. The average molecular weight is 343 g/mol. The standard InChI is InChI=1S/C21H26FNO2/c1-14-7-6-8-17(20(14)22)12-16-9-10-18(23-13-16)15(2)11-19(24)25-21(3,4)5/h6-10,13,15H,11-12H2,1-5H3. The van der Waals surface area contributed by atoms with Crippen molar-refractivity contribution in [2.24, 2.45) is 0 Å². The number of pyridine rings is 1. The number of nitrogens with zero attached hydrogens (tertiary/aromatic N) is 1. The van der Waals surface area contributed by atoms with Crippen LogP contribution >= 0.6 is 0 Å². The Bertz CT molecular complexity index is 733. The van der Waals surface area contributed by atoms with Crippen molar-refractivity contribution in [1.82, 2.24) is 4.98 Å². The Balaban J connectivity index is 2.01. The van der Waals surface area contributed by atoms with E-state index in [2.05, 4.69) is 4.98 Å². The number of hydrogen-bond donors (Lipinski definition) is 0. The molecular weight excluding hydrogens is 317 g/mol. The Labute approximate surface area is 149 Å². The Morgan fingerprint density at radius 3 is 2.56 bits per heavy atom. The summed E-state index contributed by atoms with van der Waals surface area (Å²) in [4.78, 5) is 16.4. The highest BCUT2D eigenvalue weighted by molar-refractivity contribution is 5.70. The lowest BCUT2D eigenvalue weighted by atomic mass is 10.00. The zero-order valence-electron chi connectivity index (χ0n) is 15.6. The Morgan fingerprint density at radius 2 is 1.96 bits per heavy atom. The van der Waals surface area contributed by atoms with Crippen molar-refractivity contribution in [2.45, 2.75) is 59.0 Å². The molecule has 0 amide bonds. The van der Waals surface area contributed by atoms with Gasteiger partial charge in [0, 0.05) is 24.2 Å². The predicted molar refractivity (Wildman–Crippen MR) is 97.1 cm³/mol. The predicted octanol–water partition coefficient (Wildman–Crippen LogP) is 4.96. The Morgan fingerprint density at radius 1 is 1.24 bits per heavy atom. The third-order valence-corrected chi connectivity index (χ3v) is 3.91. The van der Waals surface area contributed by atoms with Crippen LogP contribution in [0.5, 0.6) is 0 Å². The number of esters is 1. The fourth-order valence-corrected chi connectivity index (χ4v) is 2.63. The van der Waals surface area contributed by atoms with E-state index in [0.717, 1.165) is 11.3 Å². The van der Waals surface area contributed by atoms with Crippen LogP contribution in [0.15, 0.2) is 36.5 Å². The van der Waals surface area contributed by atoms with E-state index in [9.17, 15) is 9.18 Å². The van der Waals surface area contributed by atoms with Crippen molar-refractivity contribution >= 4 is 5.97 Å². The molecule has 1 atom stereocenters. The smallest absolute Gasteiger partial charge is 0.306 e. The lowest BCUT2D eigenvalue weighted by Crippen LogP contribution is -2.24. The first-order valence-corrected chi connectivity index (χ1v) is 8.56. The molecule has 0 bridgehead atoms. The van der Waals surface area contributed by atoms with E-state index < -0.39 is 5.60 Å². The van der Waals surface area contributed by atoms with Crippen molar-refractivity contribution in [1.29, 1.82) is 0 Å². The molecule has 0 saturated carbocycles. The molecule has 1 aromatic carbocycles. The van der Waals surface area contributed by atoms with Crippen molar-refractivity contribution in [3.05, 3.63) is 64.7 Å². The normalized spacial score (nSPS) is 12.7. The van der Waals surface area contributed by atoms with E-state index in [4.69, 9.17) is 4.74 Å². The SMILES string of the molecule is Cc1cccc(Cc2ccc(C(C)CC(=O)OC(C)(C)C)nc2)c1F. The van der Waals surface area contributed by atoms with Gasteiger partial charge in [-0.25, -0.2) is 4.39 Å². The van der Waals surface area contributed by atoms with Crippen LogP contribution in [0.25, 0.3) is 0 Å². The number of ether oxygens (including phenoxy) is 1. The molecule has 1 heterocycles. The molecule has 25 heavy (non-hydrogen) atoms. The molecule has 0 saturated heterocycles. The zero-order chi connectivity index (χ0) is 18.6. The van der Waals surface area contributed by atoms with Gasteiger partial charge < -0.3 is 4.74 Å². The van der Waals surface area contributed by atoms with Crippen LogP contribution in [0, 0.1) is 12.7 Å². The number of benzene rings is 1. The first kappa shape index (κ1) is 19.1.